The number of ether oxygens (including phenoxy) is 1. The lowest BCUT2D eigenvalue weighted by molar-refractivity contribution is -0.118. The zero-order valence-electron chi connectivity index (χ0n) is 16.9. The van der Waals surface area contributed by atoms with Crippen molar-refractivity contribution in [3.63, 3.8) is 0 Å². The molecule has 3 aromatic carbocycles. The van der Waals surface area contributed by atoms with Gasteiger partial charge in [-0.15, -0.1) is 0 Å². The van der Waals surface area contributed by atoms with E-state index in [1.54, 1.807) is 54.7 Å². The number of amides is 2. The van der Waals surface area contributed by atoms with Crippen LogP contribution in [-0.2, 0) is 4.79 Å². The molecule has 1 aromatic heterocycles. The van der Waals surface area contributed by atoms with Gasteiger partial charge in [-0.25, -0.2) is 9.07 Å². The summed E-state index contributed by atoms with van der Waals surface area (Å²) in [5.74, 6) is -0.692. The number of halogens is 1. The molecule has 0 unspecified atom stereocenters. The Hall–Kier alpha value is -4.46. The minimum atomic E-state index is -0.431. The third-order valence-corrected chi connectivity index (χ3v) is 4.41. The number of nitrogens with one attached hydrogen (secondary N) is 2. The molecule has 1 heterocycles. The Morgan fingerprint density at radius 1 is 0.875 bits per heavy atom. The second-order valence-electron chi connectivity index (χ2n) is 6.81. The topological polar surface area (TPSA) is 85.2 Å². The van der Waals surface area contributed by atoms with Crippen molar-refractivity contribution in [3.8, 4) is 11.4 Å². The van der Waals surface area contributed by atoms with Crippen molar-refractivity contribution in [2.24, 2.45) is 0 Å². The molecule has 7 nitrogen and oxygen atoms in total. The van der Waals surface area contributed by atoms with Crippen molar-refractivity contribution >= 4 is 23.2 Å². The first-order valence-corrected chi connectivity index (χ1v) is 9.77. The molecule has 0 aliphatic rings. The second-order valence-corrected chi connectivity index (χ2v) is 6.81. The highest BCUT2D eigenvalue weighted by Crippen LogP contribution is 2.18. The van der Waals surface area contributed by atoms with E-state index in [1.807, 2.05) is 18.2 Å². The average Bonchev–Trinajstić information content (AvgIpc) is 3.29. The van der Waals surface area contributed by atoms with E-state index < -0.39 is 11.7 Å². The van der Waals surface area contributed by atoms with E-state index in [0.29, 0.717) is 22.8 Å². The Labute approximate surface area is 183 Å². The van der Waals surface area contributed by atoms with Gasteiger partial charge in [-0.1, -0.05) is 30.3 Å². The van der Waals surface area contributed by atoms with Crippen molar-refractivity contribution in [2.75, 3.05) is 17.2 Å². The lowest BCUT2D eigenvalue weighted by Crippen LogP contribution is -2.20. The van der Waals surface area contributed by atoms with E-state index in [4.69, 9.17) is 4.74 Å². The zero-order chi connectivity index (χ0) is 22.3. The molecule has 2 N–H and O–H groups in total. The summed E-state index contributed by atoms with van der Waals surface area (Å²) in [5.41, 5.74) is 1.84. The summed E-state index contributed by atoms with van der Waals surface area (Å²) < 4.78 is 20.4. The fourth-order valence-corrected chi connectivity index (χ4v) is 2.93. The van der Waals surface area contributed by atoms with Crippen LogP contribution in [0.3, 0.4) is 0 Å². The minimum Gasteiger partial charge on any atom is -0.484 e. The molecule has 0 spiro atoms. The molecule has 4 rings (SSSR count). The highest BCUT2D eigenvalue weighted by Gasteiger charge is 2.12. The molecule has 0 radical (unpaired) electrons. The van der Waals surface area contributed by atoms with Crippen molar-refractivity contribution in [3.05, 3.63) is 103 Å². The summed E-state index contributed by atoms with van der Waals surface area (Å²) in [7, 11) is 0. The first-order chi connectivity index (χ1) is 15.6. The minimum absolute atomic E-state index is 0.169. The van der Waals surface area contributed by atoms with Gasteiger partial charge in [0.05, 0.1) is 5.69 Å². The Morgan fingerprint density at radius 2 is 1.66 bits per heavy atom. The van der Waals surface area contributed by atoms with E-state index in [2.05, 4.69) is 15.7 Å². The molecule has 0 fully saturated rings. The maximum absolute atomic E-state index is 13.4. The van der Waals surface area contributed by atoms with Crippen molar-refractivity contribution in [2.45, 2.75) is 0 Å². The van der Waals surface area contributed by atoms with Crippen LogP contribution in [0.15, 0.2) is 91.1 Å². The third kappa shape index (κ3) is 5.37. The van der Waals surface area contributed by atoms with Gasteiger partial charge in [-0.05, 0) is 48.5 Å². The van der Waals surface area contributed by atoms with E-state index in [-0.39, 0.29) is 18.2 Å². The molecule has 0 bridgehead atoms. The number of anilines is 2. The summed E-state index contributed by atoms with van der Waals surface area (Å²) in [4.78, 5) is 24.6. The molecule has 0 saturated carbocycles. The van der Waals surface area contributed by atoms with Crippen LogP contribution in [0.2, 0.25) is 0 Å². The quantitative estimate of drug-likeness (QED) is 0.458. The van der Waals surface area contributed by atoms with Gasteiger partial charge in [0.25, 0.3) is 11.8 Å². The Bertz CT molecular complexity index is 1240. The fourth-order valence-electron chi connectivity index (χ4n) is 2.93. The summed E-state index contributed by atoms with van der Waals surface area (Å²) in [6, 6.07) is 23.2. The third-order valence-electron chi connectivity index (χ3n) is 4.41. The number of carbonyl (C=O) groups excluding carboxylic acids is 2. The molecule has 0 atom stereocenters. The number of carbonyl (C=O) groups is 2. The molecule has 0 aliphatic heterocycles. The maximum atomic E-state index is 13.4. The van der Waals surface area contributed by atoms with Gasteiger partial charge in [0.2, 0.25) is 0 Å². The van der Waals surface area contributed by atoms with Gasteiger partial charge in [0.15, 0.2) is 12.3 Å². The summed E-state index contributed by atoms with van der Waals surface area (Å²) >= 11 is 0. The van der Waals surface area contributed by atoms with Crippen LogP contribution >= 0.6 is 0 Å². The van der Waals surface area contributed by atoms with Crippen molar-refractivity contribution in [1.82, 2.24) is 9.78 Å². The maximum Gasteiger partial charge on any atom is 0.276 e. The van der Waals surface area contributed by atoms with Crippen LogP contribution in [0.25, 0.3) is 5.69 Å². The van der Waals surface area contributed by atoms with Gasteiger partial charge in [-0.2, -0.15) is 5.10 Å². The molecule has 0 saturated heterocycles. The predicted octanol–water partition coefficient (Wildman–Crippen LogP) is 4.28. The summed E-state index contributed by atoms with van der Waals surface area (Å²) in [5, 5.41) is 9.66. The van der Waals surface area contributed by atoms with Crippen LogP contribution < -0.4 is 15.4 Å². The highest BCUT2D eigenvalue weighted by atomic mass is 19.1. The normalized spacial score (nSPS) is 10.4. The number of aromatic nitrogens is 2. The van der Waals surface area contributed by atoms with E-state index in [0.717, 1.165) is 0 Å². The number of para-hydroxylation sites is 1. The number of hydrogen-bond donors (Lipinski definition) is 2. The first kappa shape index (κ1) is 20.8. The number of nitrogens with zero attached hydrogens (tertiary/aromatic N) is 2. The van der Waals surface area contributed by atoms with E-state index >= 15 is 0 Å². The monoisotopic (exact) mass is 430 g/mol. The smallest absolute Gasteiger partial charge is 0.276 e. The van der Waals surface area contributed by atoms with Crippen LogP contribution in [0.4, 0.5) is 15.8 Å². The molecule has 8 heteroatoms. The molecule has 160 valence electrons. The summed E-state index contributed by atoms with van der Waals surface area (Å²) in [6.45, 7) is -0.176. The van der Waals surface area contributed by atoms with Gasteiger partial charge >= 0.3 is 0 Å². The first-order valence-electron chi connectivity index (χ1n) is 9.77. The van der Waals surface area contributed by atoms with Gasteiger partial charge in [-0.3, -0.25) is 9.59 Å². The van der Waals surface area contributed by atoms with Crippen LogP contribution in [0.5, 0.6) is 5.75 Å². The van der Waals surface area contributed by atoms with Crippen LogP contribution in [0, 0.1) is 5.82 Å². The molecule has 32 heavy (non-hydrogen) atoms. The van der Waals surface area contributed by atoms with Crippen LogP contribution in [-0.4, -0.2) is 28.2 Å². The second kappa shape index (κ2) is 9.57. The molecular weight excluding hydrogens is 411 g/mol. The molecule has 2 amide bonds. The molecular formula is C24H19FN4O3. The SMILES string of the molecule is O=C(COc1cccc(NC(=O)c2ccn(-c3cccc(F)c3)n2)c1)Nc1ccccc1. The van der Waals surface area contributed by atoms with E-state index in [9.17, 15) is 14.0 Å². The van der Waals surface area contributed by atoms with E-state index in [1.165, 1.54) is 22.9 Å². The molecule has 4 aromatic rings. The highest BCUT2D eigenvalue weighted by molar-refractivity contribution is 6.02. The zero-order valence-corrected chi connectivity index (χ0v) is 16.9. The Morgan fingerprint density at radius 3 is 2.47 bits per heavy atom. The lowest BCUT2D eigenvalue weighted by Gasteiger charge is -2.09. The van der Waals surface area contributed by atoms with Gasteiger partial charge in [0, 0.05) is 23.6 Å². The fraction of sp³-hybridized carbons (Fsp3) is 0.0417. The average molecular weight is 430 g/mol. The largest absolute Gasteiger partial charge is 0.484 e. The van der Waals surface area contributed by atoms with Gasteiger partial charge < -0.3 is 15.4 Å². The standard InChI is InChI=1S/C24H19FN4O3/c25-17-6-4-10-20(14-17)29-13-12-22(28-29)24(31)27-19-9-5-11-21(15-19)32-16-23(30)26-18-7-2-1-3-8-18/h1-15H,16H2,(H,26,30)(H,27,31). The summed E-state index contributed by atoms with van der Waals surface area (Å²) in [6.07, 6.45) is 1.58. The Kier molecular flexibility index (Phi) is 6.22. The molecule has 0 aliphatic carbocycles. The van der Waals surface area contributed by atoms with Crippen molar-refractivity contribution in [1.29, 1.82) is 0 Å². The van der Waals surface area contributed by atoms with Gasteiger partial charge in [0.1, 0.15) is 11.6 Å². The number of rotatable bonds is 7. The Balaban J connectivity index is 1.35. The van der Waals surface area contributed by atoms with Crippen LogP contribution in [0.1, 0.15) is 10.5 Å². The predicted molar refractivity (Wildman–Crippen MR) is 118 cm³/mol. The van der Waals surface area contributed by atoms with Crippen molar-refractivity contribution < 1.29 is 18.7 Å². The number of hydrogen-bond acceptors (Lipinski definition) is 4. The lowest BCUT2D eigenvalue weighted by atomic mass is 10.3. The number of benzene rings is 3.